The van der Waals surface area contributed by atoms with Crippen LogP contribution in [-0.2, 0) is 4.79 Å². The van der Waals surface area contributed by atoms with E-state index < -0.39 is 0 Å². The van der Waals surface area contributed by atoms with E-state index in [4.69, 9.17) is 9.47 Å². The summed E-state index contributed by atoms with van der Waals surface area (Å²) in [6, 6.07) is 11.0. The molecular formula is C21H24N6O3. The van der Waals surface area contributed by atoms with Crippen LogP contribution in [0.5, 0.6) is 11.5 Å². The summed E-state index contributed by atoms with van der Waals surface area (Å²) in [5.41, 5.74) is 0.629. The summed E-state index contributed by atoms with van der Waals surface area (Å²) in [7, 11) is 3.16. The topological polar surface area (TPSA) is 94.4 Å². The molecule has 0 saturated carbocycles. The second-order valence-corrected chi connectivity index (χ2v) is 7.04. The molecule has 1 unspecified atom stereocenters. The summed E-state index contributed by atoms with van der Waals surface area (Å²) < 4.78 is 12.2. The second kappa shape index (κ2) is 8.81. The van der Waals surface area contributed by atoms with E-state index in [1.54, 1.807) is 43.3 Å². The van der Waals surface area contributed by atoms with Gasteiger partial charge in [-0.05, 0) is 43.2 Å². The maximum absolute atomic E-state index is 12.9. The van der Waals surface area contributed by atoms with Gasteiger partial charge in [0.05, 0.1) is 25.8 Å². The number of anilines is 2. The Balaban J connectivity index is 1.43. The van der Waals surface area contributed by atoms with Crippen molar-refractivity contribution in [2.45, 2.75) is 12.8 Å². The Labute approximate surface area is 174 Å². The zero-order valence-electron chi connectivity index (χ0n) is 17.0. The van der Waals surface area contributed by atoms with Crippen LogP contribution in [0.3, 0.4) is 0 Å². The number of piperidine rings is 1. The minimum atomic E-state index is -0.154. The molecule has 0 bridgehead atoms. The third-order valence-corrected chi connectivity index (χ3v) is 5.16. The molecule has 0 aliphatic carbocycles. The Kier molecular flexibility index (Phi) is 5.78. The number of benzene rings is 1. The van der Waals surface area contributed by atoms with Gasteiger partial charge < -0.3 is 19.7 Å². The minimum Gasteiger partial charge on any atom is -0.497 e. The molecule has 9 heteroatoms. The van der Waals surface area contributed by atoms with Crippen LogP contribution < -0.4 is 19.7 Å². The van der Waals surface area contributed by atoms with Crippen LogP contribution in [0.2, 0.25) is 0 Å². The van der Waals surface area contributed by atoms with E-state index in [2.05, 4.69) is 25.5 Å². The van der Waals surface area contributed by atoms with Crippen molar-refractivity contribution < 1.29 is 14.3 Å². The number of ether oxygens (including phenoxy) is 2. The average molecular weight is 408 g/mol. The third kappa shape index (κ3) is 4.19. The highest BCUT2D eigenvalue weighted by Gasteiger charge is 2.27. The smallest absolute Gasteiger partial charge is 0.229 e. The van der Waals surface area contributed by atoms with Gasteiger partial charge in [0.2, 0.25) is 5.91 Å². The van der Waals surface area contributed by atoms with Gasteiger partial charge in [-0.2, -0.15) is 5.10 Å². The highest BCUT2D eigenvalue weighted by atomic mass is 16.5. The molecule has 1 saturated heterocycles. The van der Waals surface area contributed by atoms with Crippen molar-refractivity contribution in [2.75, 3.05) is 37.5 Å². The van der Waals surface area contributed by atoms with Crippen molar-refractivity contribution in [1.82, 2.24) is 20.0 Å². The molecule has 3 aromatic rings. The van der Waals surface area contributed by atoms with Crippen LogP contribution in [-0.4, -0.2) is 53.2 Å². The molecule has 1 aliphatic rings. The molecule has 1 aromatic carbocycles. The van der Waals surface area contributed by atoms with Crippen LogP contribution in [0.1, 0.15) is 12.8 Å². The van der Waals surface area contributed by atoms with E-state index in [-0.39, 0.29) is 11.8 Å². The Morgan fingerprint density at radius 2 is 1.97 bits per heavy atom. The van der Waals surface area contributed by atoms with Crippen molar-refractivity contribution in [3.05, 3.63) is 48.8 Å². The lowest BCUT2D eigenvalue weighted by Gasteiger charge is -2.32. The quantitative estimate of drug-likeness (QED) is 0.670. The first-order valence-corrected chi connectivity index (χ1v) is 9.79. The summed E-state index contributed by atoms with van der Waals surface area (Å²) in [5.74, 6) is 2.45. The molecule has 1 atom stereocenters. The second-order valence-electron chi connectivity index (χ2n) is 7.04. The highest BCUT2D eigenvalue weighted by molar-refractivity contribution is 5.94. The number of methoxy groups -OCH3 is 2. The lowest BCUT2D eigenvalue weighted by molar-refractivity contribution is -0.120. The highest BCUT2D eigenvalue weighted by Crippen LogP contribution is 2.30. The number of carbonyl (C=O) groups is 1. The van der Waals surface area contributed by atoms with Crippen LogP contribution in [0.15, 0.2) is 48.8 Å². The van der Waals surface area contributed by atoms with Gasteiger partial charge in [-0.1, -0.05) is 0 Å². The van der Waals surface area contributed by atoms with Crippen molar-refractivity contribution in [1.29, 1.82) is 0 Å². The van der Waals surface area contributed by atoms with Gasteiger partial charge in [0.15, 0.2) is 11.6 Å². The summed E-state index contributed by atoms with van der Waals surface area (Å²) in [6.07, 6.45) is 5.24. The Morgan fingerprint density at radius 1 is 1.13 bits per heavy atom. The average Bonchev–Trinajstić information content (AvgIpc) is 3.34. The molecule has 3 heterocycles. The predicted octanol–water partition coefficient (Wildman–Crippen LogP) is 2.53. The monoisotopic (exact) mass is 408 g/mol. The van der Waals surface area contributed by atoms with E-state index in [0.717, 1.165) is 25.2 Å². The summed E-state index contributed by atoms with van der Waals surface area (Å²) >= 11 is 0. The molecule has 1 aliphatic heterocycles. The fourth-order valence-electron chi connectivity index (χ4n) is 3.55. The largest absolute Gasteiger partial charge is 0.497 e. The maximum Gasteiger partial charge on any atom is 0.229 e. The minimum absolute atomic E-state index is 0.0377. The Hall–Kier alpha value is -3.62. The van der Waals surface area contributed by atoms with Gasteiger partial charge in [-0.25, -0.2) is 4.68 Å². The molecule has 1 N–H and O–H groups in total. The van der Waals surface area contributed by atoms with Crippen LogP contribution >= 0.6 is 0 Å². The number of rotatable bonds is 6. The molecule has 2 aromatic heterocycles. The van der Waals surface area contributed by atoms with Crippen LogP contribution in [0, 0.1) is 5.92 Å². The fraction of sp³-hybridized carbons (Fsp3) is 0.333. The zero-order valence-corrected chi connectivity index (χ0v) is 17.0. The van der Waals surface area contributed by atoms with E-state index in [1.807, 2.05) is 24.4 Å². The first kappa shape index (κ1) is 19.7. The number of hydrogen-bond donors (Lipinski definition) is 1. The molecule has 0 radical (unpaired) electrons. The fourth-order valence-corrected chi connectivity index (χ4v) is 3.55. The summed E-state index contributed by atoms with van der Waals surface area (Å²) in [5, 5.41) is 15.7. The van der Waals surface area contributed by atoms with Gasteiger partial charge in [0.1, 0.15) is 11.5 Å². The maximum atomic E-state index is 12.9. The third-order valence-electron chi connectivity index (χ3n) is 5.16. The summed E-state index contributed by atoms with van der Waals surface area (Å²) in [6.45, 7) is 1.42. The van der Waals surface area contributed by atoms with E-state index in [1.165, 1.54) is 0 Å². The van der Waals surface area contributed by atoms with Gasteiger partial charge in [-0.15, -0.1) is 10.2 Å². The first-order chi connectivity index (χ1) is 14.7. The van der Waals surface area contributed by atoms with Gasteiger partial charge in [-0.3, -0.25) is 4.79 Å². The summed E-state index contributed by atoms with van der Waals surface area (Å²) in [4.78, 5) is 15.0. The van der Waals surface area contributed by atoms with Gasteiger partial charge in [0, 0.05) is 31.5 Å². The molecule has 30 heavy (non-hydrogen) atoms. The normalized spacial score (nSPS) is 16.2. The SMILES string of the molecule is COc1ccc(NC(=O)C2CCCN(c3ccc(-n4cccn4)nn3)C2)c(OC)c1. The molecule has 156 valence electrons. The Morgan fingerprint density at radius 3 is 2.67 bits per heavy atom. The van der Waals surface area contributed by atoms with Gasteiger partial charge in [0.25, 0.3) is 0 Å². The number of amides is 1. The molecule has 4 rings (SSSR count). The standard InChI is InChI=1S/C21H24N6O3/c1-29-16-6-7-17(18(13-16)30-2)23-21(28)15-5-3-11-26(14-15)19-8-9-20(25-24-19)27-12-4-10-22-27/h4,6-10,12-13,15H,3,5,11,14H2,1-2H3,(H,23,28). The van der Waals surface area contributed by atoms with E-state index in [0.29, 0.717) is 29.5 Å². The first-order valence-electron chi connectivity index (χ1n) is 9.79. The molecule has 9 nitrogen and oxygen atoms in total. The predicted molar refractivity (Wildman–Crippen MR) is 112 cm³/mol. The number of aromatic nitrogens is 4. The lowest BCUT2D eigenvalue weighted by atomic mass is 9.97. The van der Waals surface area contributed by atoms with Crippen molar-refractivity contribution in [3.63, 3.8) is 0 Å². The lowest BCUT2D eigenvalue weighted by Crippen LogP contribution is -2.41. The van der Waals surface area contributed by atoms with E-state index in [9.17, 15) is 4.79 Å². The zero-order chi connectivity index (χ0) is 20.9. The number of carbonyl (C=O) groups excluding carboxylic acids is 1. The van der Waals surface area contributed by atoms with Crippen molar-refractivity contribution >= 4 is 17.4 Å². The van der Waals surface area contributed by atoms with Crippen molar-refractivity contribution in [3.8, 4) is 17.3 Å². The van der Waals surface area contributed by atoms with Crippen LogP contribution in [0.4, 0.5) is 11.5 Å². The van der Waals surface area contributed by atoms with E-state index >= 15 is 0 Å². The van der Waals surface area contributed by atoms with Crippen molar-refractivity contribution in [2.24, 2.45) is 5.92 Å². The molecule has 0 spiro atoms. The molecule has 1 fully saturated rings. The molecule has 1 amide bonds. The number of nitrogens with one attached hydrogen (secondary N) is 1. The molecular weight excluding hydrogens is 384 g/mol. The Bertz CT molecular complexity index is 990. The number of hydrogen-bond acceptors (Lipinski definition) is 7. The number of nitrogens with zero attached hydrogens (tertiary/aromatic N) is 5. The van der Waals surface area contributed by atoms with Crippen LogP contribution in [0.25, 0.3) is 5.82 Å². The van der Waals surface area contributed by atoms with Gasteiger partial charge >= 0.3 is 0 Å².